The third-order valence-corrected chi connectivity index (χ3v) is 11.2. The summed E-state index contributed by atoms with van der Waals surface area (Å²) in [5.74, 6) is -1.76. The second-order valence-corrected chi connectivity index (χ2v) is 15.0. The van der Waals surface area contributed by atoms with Gasteiger partial charge < -0.3 is 20.7 Å². The Morgan fingerprint density at radius 2 is 1.63 bits per heavy atom. The Kier molecular flexibility index (Phi) is 12.0. The fourth-order valence-electron chi connectivity index (χ4n) is 6.19. The van der Waals surface area contributed by atoms with Crippen molar-refractivity contribution >= 4 is 69.2 Å². The Morgan fingerprint density at radius 1 is 0.926 bits per heavy atom. The van der Waals surface area contributed by atoms with Gasteiger partial charge in [0, 0.05) is 27.1 Å². The summed E-state index contributed by atoms with van der Waals surface area (Å²) in [5, 5.41) is 19.9. The average molecular weight is 761 g/mol. The van der Waals surface area contributed by atoms with Crippen LogP contribution in [-0.2, 0) is 27.2 Å². The molecule has 3 amide bonds. The molecule has 0 radical (unpaired) electrons. The van der Waals surface area contributed by atoms with Gasteiger partial charge in [-0.1, -0.05) is 66.7 Å². The molecule has 0 aliphatic heterocycles. The second kappa shape index (κ2) is 17.2. The van der Waals surface area contributed by atoms with Crippen molar-refractivity contribution in [1.29, 1.82) is 0 Å². The van der Waals surface area contributed by atoms with Crippen LogP contribution in [0.25, 0.3) is 6.08 Å². The van der Waals surface area contributed by atoms with E-state index in [0.717, 1.165) is 23.3 Å². The number of carbonyl (C=O) groups is 4. The summed E-state index contributed by atoms with van der Waals surface area (Å²) in [6, 6.07) is 31.3. The highest BCUT2D eigenvalue weighted by molar-refractivity contribution is 8.00. The number of para-hydroxylation sites is 1. The number of nitrogens with zero attached hydrogens (tertiary/aromatic N) is 1. The van der Waals surface area contributed by atoms with E-state index in [-0.39, 0.29) is 22.9 Å². The molecule has 5 aromatic rings. The van der Waals surface area contributed by atoms with Gasteiger partial charge in [-0.05, 0) is 85.7 Å². The van der Waals surface area contributed by atoms with E-state index in [0.29, 0.717) is 39.0 Å². The number of ether oxygens (including phenoxy) is 1. The molecular formula is C41H36N4O7S2. The number of nitro benzene ring substituents is 1. The van der Waals surface area contributed by atoms with Crippen molar-refractivity contribution in [2.45, 2.75) is 42.2 Å². The lowest BCUT2D eigenvalue weighted by Gasteiger charge is -2.22. The fraction of sp³-hybridized carbons (Fsp3) is 0.171. The molecular weight excluding hydrogens is 725 g/mol. The van der Waals surface area contributed by atoms with E-state index in [9.17, 15) is 29.3 Å². The highest BCUT2D eigenvalue weighted by Gasteiger charge is 2.31. The average Bonchev–Trinajstić information content (AvgIpc) is 3.55. The van der Waals surface area contributed by atoms with Crippen LogP contribution in [0.4, 0.5) is 16.4 Å². The van der Waals surface area contributed by atoms with Crippen LogP contribution in [-0.4, -0.2) is 41.0 Å². The Balaban J connectivity index is 1.17. The van der Waals surface area contributed by atoms with Gasteiger partial charge in [0.1, 0.15) is 10.7 Å². The van der Waals surface area contributed by atoms with Crippen molar-refractivity contribution < 1.29 is 28.8 Å². The Labute approximate surface area is 320 Å². The molecule has 3 N–H and O–H groups in total. The van der Waals surface area contributed by atoms with E-state index >= 15 is 0 Å². The minimum Gasteiger partial charge on any atom is -0.465 e. The van der Waals surface area contributed by atoms with Gasteiger partial charge in [-0.3, -0.25) is 24.5 Å². The number of anilines is 2. The number of thiophene rings is 1. The highest BCUT2D eigenvalue weighted by Crippen LogP contribution is 2.43. The third-order valence-electron chi connectivity index (χ3n) is 8.90. The Hall–Kier alpha value is -6.05. The molecule has 1 heterocycles. The number of esters is 1. The summed E-state index contributed by atoms with van der Waals surface area (Å²) in [4.78, 5) is 66.1. The van der Waals surface area contributed by atoms with Gasteiger partial charge in [0.2, 0.25) is 5.91 Å². The van der Waals surface area contributed by atoms with Gasteiger partial charge in [-0.2, -0.15) is 0 Å². The van der Waals surface area contributed by atoms with E-state index in [2.05, 4.69) is 28.1 Å². The molecule has 1 aliphatic carbocycles. The number of carbonyl (C=O) groups excluding carboxylic acids is 4. The van der Waals surface area contributed by atoms with Crippen LogP contribution >= 0.6 is 23.1 Å². The zero-order chi connectivity index (χ0) is 38.2. The molecule has 274 valence electrons. The number of nitrogens with one attached hydrogen (secondary N) is 3. The summed E-state index contributed by atoms with van der Waals surface area (Å²) in [6.07, 6.45) is 3.60. The number of hydrogen-bond donors (Lipinski definition) is 3. The van der Waals surface area contributed by atoms with Gasteiger partial charge in [0.15, 0.2) is 0 Å². The fourth-order valence-corrected chi connectivity index (χ4v) is 8.44. The van der Waals surface area contributed by atoms with Crippen molar-refractivity contribution in [2.75, 3.05) is 17.7 Å². The molecule has 1 aliphatic rings. The molecule has 0 fully saturated rings. The van der Waals surface area contributed by atoms with Crippen molar-refractivity contribution in [1.82, 2.24) is 5.32 Å². The molecule has 0 spiro atoms. The van der Waals surface area contributed by atoms with Gasteiger partial charge >= 0.3 is 5.97 Å². The molecule has 2 unspecified atom stereocenters. The first-order valence-electron chi connectivity index (χ1n) is 17.1. The summed E-state index contributed by atoms with van der Waals surface area (Å²) < 4.78 is 5.12. The molecule has 4 aromatic carbocycles. The van der Waals surface area contributed by atoms with E-state index in [1.54, 1.807) is 67.6 Å². The van der Waals surface area contributed by atoms with Gasteiger partial charge in [-0.25, -0.2) is 4.79 Å². The first-order chi connectivity index (χ1) is 26.1. The number of rotatable bonds is 12. The Morgan fingerprint density at radius 3 is 2.35 bits per heavy atom. The van der Waals surface area contributed by atoms with Gasteiger partial charge in [-0.15, -0.1) is 23.1 Å². The standard InChI is InChI=1S/C41H36N4O7S2/c1-25(37(46)44-40-36(41(49)52-2)32-21-20-28(23-35(32)54-40)26-12-5-3-6-13-26)53-31-18-11-17-30(24-31)42-39(48)33(43-38(47)27-14-7-4-8-15-27)22-29-16-9-10-19-34(29)45(50)51/h3-19,22,24-25,28H,20-21,23H2,1-2H3,(H,42,48)(H,43,47)(H,44,46)/b33-22+. The predicted octanol–water partition coefficient (Wildman–Crippen LogP) is 8.24. The van der Waals surface area contributed by atoms with E-state index in [1.807, 2.05) is 18.2 Å². The first kappa shape index (κ1) is 37.7. The summed E-state index contributed by atoms with van der Waals surface area (Å²) in [5.41, 5.74) is 2.92. The maximum Gasteiger partial charge on any atom is 0.341 e. The number of amides is 3. The topological polar surface area (TPSA) is 157 Å². The zero-order valence-electron chi connectivity index (χ0n) is 29.4. The highest BCUT2D eigenvalue weighted by atomic mass is 32.2. The van der Waals surface area contributed by atoms with E-state index in [1.165, 1.54) is 60.0 Å². The lowest BCUT2D eigenvalue weighted by Crippen LogP contribution is -2.30. The number of benzene rings is 4. The number of thioether (sulfide) groups is 1. The molecule has 1 aromatic heterocycles. The maximum atomic E-state index is 13.6. The van der Waals surface area contributed by atoms with Crippen molar-refractivity contribution in [3.05, 3.63) is 158 Å². The number of fused-ring (bicyclic) bond motifs is 1. The zero-order valence-corrected chi connectivity index (χ0v) is 31.0. The van der Waals surface area contributed by atoms with Crippen molar-refractivity contribution in [2.24, 2.45) is 0 Å². The van der Waals surface area contributed by atoms with Crippen LogP contribution in [0.1, 0.15) is 61.5 Å². The summed E-state index contributed by atoms with van der Waals surface area (Å²) in [6.45, 7) is 1.74. The SMILES string of the molecule is COC(=O)c1c(NC(=O)C(C)Sc2cccc(NC(=O)/C(=C\c3ccccc3[N+](=O)[O-])NC(=O)c3ccccc3)c2)sc2c1CCC(c1ccccc1)C2. The van der Waals surface area contributed by atoms with E-state index < -0.39 is 28.0 Å². The second-order valence-electron chi connectivity index (χ2n) is 12.5. The summed E-state index contributed by atoms with van der Waals surface area (Å²) in [7, 11) is 1.33. The molecule has 11 nitrogen and oxygen atoms in total. The molecule has 0 saturated carbocycles. The predicted molar refractivity (Wildman–Crippen MR) is 211 cm³/mol. The molecule has 54 heavy (non-hydrogen) atoms. The molecule has 2 atom stereocenters. The van der Waals surface area contributed by atoms with Crippen LogP contribution in [0, 0.1) is 10.1 Å². The number of nitro groups is 1. The third kappa shape index (κ3) is 8.93. The van der Waals surface area contributed by atoms with Crippen LogP contribution in [0.3, 0.4) is 0 Å². The minimum absolute atomic E-state index is 0.128. The molecule has 0 bridgehead atoms. The van der Waals surface area contributed by atoms with E-state index in [4.69, 9.17) is 4.74 Å². The van der Waals surface area contributed by atoms with Gasteiger partial charge in [0.25, 0.3) is 17.5 Å². The maximum absolute atomic E-state index is 13.6. The Bertz CT molecular complexity index is 2240. The van der Waals surface area contributed by atoms with Crippen molar-refractivity contribution in [3.63, 3.8) is 0 Å². The lowest BCUT2D eigenvalue weighted by molar-refractivity contribution is -0.385. The monoisotopic (exact) mass is 760 g/mol. The van der Waals surface area contributed by atoms with Crippen LogP contribution in [0.2, 0.25) is 0 Å². The summed E-state index contributed by atoms with van der Waals surface area (Å²) >= 11 is 2.67. The molecule has 0 saturated heterocycles. The largest absolute Gasteiger partial charge is 0.465 e. The normalized spacial score (nSPS) is 14.3. The van der Waals surface area contributed by atoms with Crippen molar-refractivity contribution in [3.8, 4) is 0 Å². The smallest absolute Gasteiger partial charge is 0.341 e. The van der Waals surface area contributed by atoms with Crippen LogP contribution in [0.5, 0.6) is 0 Å². The quantitative estimate of drug-likeness (QED) is 0.0378. The van der Waals surface area contributed by atoms with Gasteiger partial charge in [0.05, 0.1) is 28.4 Å². The first-order valence-corrected chi connectivity index (χ1v) is 18.8. The molecule has 6 rings (SSSR count). The molecule has 13 heteroatoms. The number of hydrogen-bond acceptors (Lipinski definition) is 9. The lowest BCUT2D eigenvalue weighted by atomic mass is 9.83. The van der Waals surface area contributed by atoms with Crippen LogP contribution < -0.4 is 16.0 Å². The van der Waals surface area contributed by atoms with Crippen LogP contribution in [0.15, 0.2) is 120 Å². The number of methoxy groups -OCH3 is 1. The minimum atomic E-state index is -0.711.